The Morgan fingerprint density at radius 1 is 1.58 bits per heavy atom. The lowest BCUT2D eigenvalue weighted by Crippen LogP contribution is -2.15. The van der Waals surface area contributed by atoms with E-state index in [-0.39, 0.29) is 5.69 Å². The summed E-state index contributed by atoms with van der Waals surface area (Å²) >= 11 is 5.81. The number of amides is 1. The number of hydrogen-bond donors (Lipinski definition) is 3. The van der Waals surface area contributed by atoms with Crippen LogP contribution in [0.3, 0.4) is 0 Å². The minimum atomic E-state index is -0.411. The van der Waals surface area contributed by atoms with Crippen molar-refractivity contribution < 1.29 is 4.79 Å². The lowest BCUT2D eigenvalue weighted by Gasteiger charge is -2.03. The number of nitrogens with zero attached hydrogens (tertiary/aromatic N) is 2. The summed E-state index contributed by atoms with van der Waals surface area (Å²) in [7, 11) is 0. The molecule has 0 aliphatic carbocycles. The van der Waals surface area contributed by atoms with Gasteiger partial charge in [0.2, 0.25) is 0 Å². The number of anilines is 2. The topological polar surface area (TPSA) is 96.7 Å². The van der Waals surface area contributed by atoms with Gasteiger partial charge in [0.15, 0.2) is 5.69 Å². The molecule has 1 amide bonds. The van der Waals surface area contributed by atoms with Gasteiger partial charge in [-0.1, -0.05) is 24.9 Å². The van der Waals surface area contributed by atoms with Gasteiger partial charge in [0, 0.05) is 11.2 Å². The highest BCUT2D eigenvalue weighted by molar-refractivity contribution is 6.30. The van der Waals surface area contributed by atoms with Crippen LogP contribution in [0.4, 0.5) is 11.5 Å². The van der Waals surface area contributed by atoms with Crippen molar-refractivity contribution >= 4 is 29.0 Å². The van der Waals surface area contributed by atoms with E-state index in [1.54, 1.807) is 12.1 Å². The number of aromatic nitrogens is 3. The number of rotatable bonds is 4. The first kappa shape index (κ1) is 13.4. The summed E-state index contributed by atoms with van der Waals surface area (Å²) < 4.78 is 0. The van der Waals surface area contributed by atoms with E-state index in [9.17, 15) is 4.79 Å². The molecule has 19 heavy (non-hydrogen) atoms. The maximum Gasteiger partial charge on any atom is 0.279 e. The number of nitrogens with two attached hydrogens (primary N) is 1. The van der Waals surface area contributed by atoms with E-state index in [0.717, 1.165) is 18.5 Å². The number of carbonyl (C=O) groups is 1. The molecule has 2 heterocycles. The number of carbonyl (C=O) groups excluding carboxylic acids is 1. The molecule has 2 aromatic rings. The first-order valence-corrected chi connectivity index (χ1v) is 6.25. The predicted molar refractivity (Wildman–Crippen MR) is 74.2 cm³/mol. The van der Waals surface area contributed by atoms with Crippen molar-refractivity contribution in [2.45, 2.75) is 19.8 Å². The molecule has 0 aliphatic heterocycles. The zero-order valence-electron chi connectivity index (χ0n) is 10.4. The zero-order valence-corrected chi connectivity index (χ0v) is 11.2. The van der Waals surface area contributed by atoms with Crippen LogP contribution in [-0.2, 0) is 6.42 Å². The van der Waals surface area contributed by atoms with Crippen molar-refractivity contribution in [3.05, 3.63) is 34.7 Å². The van der Waals surface area contributed by atoms with Gasteiger partial charge in [-0.15, -0.1) is 0 Å². The van der Waals surface area contributed by atoms with Gasteiger partial charge < -0.3 is 11.1 Å². The van der Waals surface area contributed by atoms with Crippen LogP contribution in [0, 0.1) is 0 Å². The first-order valence-electron chi connectivity index (χ1n) is 5.87. The monoisotopic (exact) mass is 279 g/mol. The number of aromatic amines is 1. The normalized spacial score (nSPS) is 10.4. The second-order valence-electron chi connectivity index (χ2n) is 4.03. The number of H-pyrrole nitrogens is 1. The van der Waals surface area contributed by atoms with Gasteiger partial charge in [-0.2, -0.15) is 5.10 Å². The third kappa shape index (κ3) is 3.03. The van der Waals surface area contributed by atoms with Crippen molar-refractivity contribution in [2.75, 3.05) is 11.1 Å². The van der Waals surface area contributed by atoms with Gasteiger partial charge in [0.25, 0.3) is 5.91 Å². The van der Waals surface area contributed by atoms with E-state index >= 15 is 0 Å². The van der Waals surface area contributed by atoms with Crippen molar-refractivity contribution in [3.8, 4) is 0 Å². The Morgan fingerprint density at radius 3 is 3.05 bits per heavy atom. The summed E-state index contributed by atoms with van der Waals surface area (Å²) in [5.41, 5.74) is 7.19. The average Bonchev–Trinajstić information content (AvgIpc) is 2.72. The van der Waals surface area contributed by atoms with E-state index < -0.39 is 5.91 Å². The molecule has 2 rings (SSSR count). The van der Waals surface area contributed by atoms with Crippen LogP contribution in [0.2, 0.25) is 5.02 Å². The van der Waals surface area contributed by atoms with E-state index in [1.807, 2.05) is 6.92 Å². The Kier molecular flexibility index (Phi) is 4.01. The Morgan fingerprint density at radius 2 is 2.37 bits per heavy atom. The maximum absolute atomic E-state index is 12.0. The van der Waals surface area contributed by atoms with Crippen LogP contribution in [0.5, 0.6) is 0 Å². The molecule has 4 N–H and O–H groups in total. The molecule has 100 valence electrons. The molecule has 7 heteroatoms. The molecule has 0 atom stereocenters. The summed E-state index contributed by atoms with van der Waals surface area (Å²) in [6.45, 7) is 2.02. The minimum absolute atomic E-state index is 0.172. The summed E-state index contributed by atoms with van der Waals surface area (Å²) in [5, 5.41) is 9.79. The SMILES string of the molecule is CCCc1[nH]nc(C(=O)Nc2cc(Cl)ccn2)c1N. The molecule has 0 saturated heterocycles. The van der Waals surface area contributed by atoms with Gasteiger partial charge in [0.1, 0.15) is 5.82 Å². The highest BCUT2D eigenvalue weighted by Gasteiger charge is 2.17. The van der Waals surface area contributed by atoms with E-state index in [4.69, 9.17) is 17.3 Å². The molecular weight excluding hydrogens is 266 g/mol. The van der Waals surface area contributed by atoms with Crippen molar-refractivity contribution in [1.82, 2.24) is 15.2 Å². The molecule has 6 nitrogen and oxygen atoms in total. The predicted octanol–water partition coefficient (Wildman–Crippen LogP) is 2.25. The third-order valence-corrected chi connectivity index (χ3v) is 2.80. The molecule has 0 spiro atoms. The number of hydrogen-bond acceptors (Lipinski definition) is 4. The summed E-state index contributed by atoms with van der Waals surface area (Å²) in [4.78, 5) is 16.0. The second-order valence-corrected chi connectivity index (χ2v) is 4.46. The van der Waals surface area contributed by atoms with Gasteiger partial charge in [-0.25, -0.2) is 4.98 Å². The largest absolute Gasteiger partial charge is 0.395 e. The van der Waals surface area contributed by atoms with Gasteiger partial charge in [-0.05, 0) is 18.6 Å². The quantitative estimate of drug-likeness (QED) is 0.799. The van der Waals surface area contributed by atoms with Gasteiger partial charge in [0.05, 0.1) is 11.4 Å². The Bertz CT molecular complexity index is 596. The van der Waals surface area contributed by atoms with Crippen molar-refractivity contribution in [1.29, 1.82) is 0 Å². The van der Waals surface area contributed by atoms with Crippen molar-refractivity contribution in [2.24, 2.45) is 0 Å². The van der Waals surface area contributed by atoms with Crippen LogP contribution in [0.1, 0.15) is 29.5 Å². The van der Waals surface area contributed by atoms with Crippen LogP contribution < -0.4 is 11.1 Å². The van der Waals surface area contributed by atoms with Crippen LogP contribution in [-0.4, -0.2) is 21.1 Å². The Labute approximate surface area is 115 Å². The highest BCUT2D eigenvalue weighted by Crippen LogP contribution is 2.18. The lowest BCUT2D eigenvalue weighted by atomic mass is 10.2. The lowest BCUT2D eigenvalue weighted by molar-refractivity contribution is 0.102. The molecule has 2 aromatic heterocycles. The Hall–Kier alpha value is -2.08. The maximum atomic E-state index is 12.0. The third-order valence-electron chi connectivity index (χ3n) is 2.56. The fourth-order valence-electron chi connectivity index (χ4n) is 1.65. The molecule has 0 radical (unpaired) electrons. The van der Waals surface area contributed by atoms with E-state index in [1.165, 1.54) is 6.20 Å². The molecule has 0 aromatic carbocycles. The Balaban J connectivity index is 2.16. The summed E-state index contributed by atoms with van der Waals surface area (Å²) in [6, 6.07) is 3.18. The zero-order chi connectivity index (χ0) is 13.8. The van der Waals surface area contributed by atoms with Gasteiger partial charge in [-0.3, -0.25) is 9.89 Å². The van der Waals surface area contributed by atoms with E-state index in [2.05, 4.69) is 20.5 Å². The molecular formula is C12H14ClN5O. The van der Waals surface area contributed by atoms with Crippen LogP contribution in [0.15, 0.2) is 18.3 Å². The number of aryl methyl sites for hydroxylation is 1. The molecule has 0 saturated carbocycles. The minimum Gasteiger partial charge on any atom is -0.395 e. The molecule has 0 bridgehead atoms. The summed E-state index contributed by atoms with van der Waals surface area (Å²) in [5.74, 6) is -0.0530. The molecule has 0 unspecified atom stereocenters. The number of halogens is 1. The fraction of sp³-hybridized carbons (Fsp3) is 0.250. The highest BCUT2D eigenvalue weighted by atomic mass is 35.5. The van der Waals surface area contributed by atoms with E-state index in [0.29, 0.717) is 16.5 Å². The molecule has 0 aliphatic rings. The molecule has 0 fully saturated rings. The number of pyridine rings is 1. The number of nitrogens with one attached hydrogen (secondary N) is 2. The number of nitrogen functional groups attached to an aromatic ring is 1. The van der Waals surface area contributed by atoms with Crippen molar-refractivity contribution in [3.63, 3.8) is 0 Å². The average molecular weight is 280 g/mol. The standard InChI is InChI=1S/C12H14ClN5O/c1-2-3-8-10(14)11(18-17-8)12(19)16-9-6-7(13)4-5-15-9/h4-6H,2-3,14H2,1H3,(H,17,18)(H,15,16,19). The fourth-order valence-corrected chi connectivity index (χ4v) is 1.81. The van der Waals surface area contributed by atoms with Crippen LogP contribution >= 0.6 is 11.6 Å². The first-order chi connectivity index (χ1) is 9.11. The second kappa shape index (κ2) is 5.71. The van der Waals surface area contributed by atoms with Gasteiger partial charge >= 0.3 is 0 Å². The summed E-state index contributed by atoms with van der Waals surface area (Å²) in [6.07, 6.45) is 3.18. The smallest absolute Gasteiger partial charge is 0.279 e. The van der Waals surface area contributed by atoms with Crippen LogP contribution in [0.25, 0.3) is 0 Å².